The van der Waals surface area contributed by atoms with Crippen LogP contribution in [0.1, 0.15) is 12.5 Å². The lowest BCUT2D eigenvalue weighted by Gasteiger charge is -2.13. The van der Waals surface area contributed by atoms with Crippen LogP contribution in [0.4, 0.5) is 0 Å². The summed E-state index contributed by atoms with van der Waals surface area (Å²) in [6, 6.07) is 46.1. The van der Waals surface area contributed by atoms with Crippen molar-refractivity contribution in [3.63, 3.8) is 0 Å². The van der Waals surface area contributed by atoms with Crippen LogP contribution in [0.3, 0.4) is 0 Å². The quantitative estimate of drug-likeness (QED) is 0.129. The molecule has 2 nitrogen and oxygen atoms in total. The standard InChI is InChI=1S/C46H34N2/c1-4-6-7-13-35(27-31(3)5-2)33-17-19-34(20-18-33)38-24-26-44-42(30-38)41-29-39(37-22-21-32-12-8-9-14-36(32)28-37)23-25-40(41)46-47-43-15-10-11-16-45(43)48(44)46/h4-30H,1-2H2,3H3/b7-6+,31-27+,35-13+. The van der Waals surface area contributed by atoms with E-state index in [2.05, 4.69) is 164 Å². The summed E-state index contributed by atoms with van der Waals surface area (Å²) in [7, 11) is 0. The molecular weight excluding hydrogens is 581 g/mol. The van der Waals surface area contributed by atoms with Crippen LogP contribution in [0.2, 0.25) is 0 Å². The van der Waals surface area contributed by atoms with Crippen molar-refractivity contribution in [1.29, 1.82) is 0 Å². The third kappa shape index (κ3) is 5.14. The summed E-state index contributed by atoms with van der Waals surface area (Å²) in [6.45, 7) is 9.80. The first kappa shape index (κ1) is 29.2. The molecule has 0 saturated carbocycles. The van der Waals surface area contributed by atoms with E-state index >= 15 is 0 Å². The molecule has 0 bridgehead atoms. The van der Waals surface area contributed by atoms with E-state index in [0.29, 0.717) is 0 Å². The molecule has 0 saturated heterocycles. The molecule has 0 radical (unpaired) electrons. The van der Waals surface area contributed by atoms with Crippen LogP contribution in [-0.2, 0) is 0 Å². The van der Waals surface area contributed by atoms with Crippen LogP contribution in [0.25, 0.3) is 77.0 Å². The maximum atomic E-state index is 5.13. The van der Waals surface area contributed by atoms with Crippen molar-refractivity contribution in [1.82, 2.24) is 9.38 Å². The molecule has 0 unspecified atom stereocenters. The van der Waals surface area contributed by atoms with Gasteiger partial charge >= 0.3 is 0 Å². The van der Waals surface area contributed by atoms with Crippen LogP contribution >= 0.6 is 0 Å². The Balaban J connectivity index is 1.32. The lowest BCUT2D eigenvalue weighted by molar-refractivity contribution is 1.31. The Bertz CT molecular complexity index is 2640. The smallest absolute Gasteiger partial charge is 0.146 e. The van der Waals surface area contributed by atoms with Gasteiger partial charge in [0.15, 0.2) is 0 Å². The number of aromatic nitrogens is 2. The molecule has 0 amide bonds. The van der Waals surface area contributed by atoms with Crippen LogP contribution in [0.5, 0.6) is 0 Å². The van der Waals surface area contributed by atoms with Gasteiger partial charge in [-0.2, -0.15) is 0 Å². The lowest BCUT2D eigenvalue weighted by Crippen LogP contribution is -1.93. The maximum absolute atomic E-state index is 5.13. The van der Waals surface area contributed by atoms with Gasteiger partial charge in [-0.15, -0.1) is 0 Å². The first-order chi connectivity index (χ1) is 23.6. The SMILES string of the molecule is C=C/C=C/C=C(\C=C(/C)C=C)c1ccc(-c2ccc3c(c2)c2cc(-c4ccc5ccccc5c4)ccc2c2nc4ccccc4n32)cc1. The fourth-order valence-corrected chi connectivity index (χ4v) is 6.71. The first-order valence-corrected chi connectivity index (χ1v) is 16.3. The fourth-order valence-electron chi connectivity index (χ4n) is 6.71. The minimum absolute atomic E-state index is 0.980. The molecule has 2 heteroatoms. The molecule has 2 heterocycles. The predicted octanol–water partition coefficient (Wildman–Crippen LogP) is 12.5. The summed E-state index contributed by atoms with van der Waals surface area (Å²) < 4.78 is 2.32. The number of hydrogen-bond acceptors (Lipinski definition) is 1. The van der Waals surface area contributed by atoms with E-state index in [9.17, 15) is 0 Å². The number of imidazole rings is 1. The summed E-state index contributed by atoms with van der Waals surface area (Å²) in [4.78, 5) is 5.13. The van der Waals surface area contributed by atoms with E-state index in [4.69, 9.17) is 4.98 Å². The van der Waals surface area contributed by atoms with E-state index < -0.39 is 0 Å². The maximum Gasteiger partial charge on any atom is 0.146 e. The predicted molar refractivity (Wildman–Crippen MR) is 207 cm³/mol. The number of fused-ring (bicyclic) bond motifs is 9. The second-order valence-electron chi connectivity index (χ2n) is 12.2. The topological polar surface area (TPSA) is 17.3 Å². The summed E-state index contributed by atoms with van der Waals surface area (Å²) in [6.07, 6.45) is 11.9. The van der Waals surface area contributed by atoms with Gasteiger partial charge in [0.1, 0.15) is 5.65 Å². The minimum Gasteiger partial charge on any atom is -0.292 e. The van der Waals surface area contributed by atoms with Crippen molar-refractivity contribution in [3.05, 3.63) is 188 Å². The molecular formula is C46H34N2. The van der Waals surface area contributed by atoms with Crippen molar-refractivity contribution in [2.45, 2.75) is 6.92 Å². The molecule has 8 rings (SSSR count). The third-order valence-corrected chi connectivity index (χ3v) is 9.21. The summed E-state index contributed by atoms with van der Waals surface area (Å²) in [5, 5.41) is 6.02. The van der Waals surface area contributed by atoms with Gasteiger partial charge < -0.3 is 0 Å². The highest BCUT2D eigenvalue weighted by molar-refractivity contribution is 6.15. The second-order valence-corrected chi connectivity index (χ2v) is 12.2. The van der Waals surface area contributed by atoms with Crippen molar-refractivity contribution in [2.75, 3.05) is 0 Å². The average Bonchev–Trinajstić information content (AvgIpc) is 3.54. The molecule has 6 aromatic carbocycles. The summed E-state index contributed by atoms with van der Waals surface area (Å²) in [5.41, 5.74) is 12.4. The molecule has 0 aliphatic heterocycles. The van der Waals surface area contributed by atoms with Gasteiger partial charge in [-0.3, -0.25) is 4.40 Å². The zero-order chi connectivity index (χ0) is 32.6. The average molecular weight is 615 g/mol. The van der Waals surface area contributed by atoms with E-state index in [0.717, 1.165) is 44.3 Å². The highest BCUT2D eigenvalue weighted by Gasteiger charge is 2.15. The van der Waals surface area contributed by atoms with Crippen molar-refractivity contribution < 1.29 is 0 Å². The van der Waals surface area contributed by atoms with E-state index in [1.54, 1.807) is 6.08 Å². The van der Waals surface area contributed by atoms with Gasteiger partial charge in [0.2, 0.25) is 0 Å². The molecule has 8 aromatic rings. The second kappa shape index (κ2) is 12.2. The third-order valence-electron chi connectivity index (χ3n) is 9.21. The van der Waals surface area contributed by atoms with E-state index in [-0.39, 0.29) is 0 Å². The van der Waals surface area contributed by atoms with Crippen molar-refractivity contribution in [3.8, 4) is 22.3 Å². The Labute approximate surface area is 280 Å². The lowest BCUT2D eigenvalue weighted by atomic mass is 9.95. The normalized spacial score (nSPS) is 12.6. The van der Waals surface area contributed by atoms with Crippen LogP contribution in [0.15, 0.2) is 183 Å². The Morgan fingerprint density at radius 1 is 0.604 bits per heavy atom. The Hall–Kier alpha value is -6.25. The largest absolute Gasteiger partial charge is 0.292 e. The van der Waals surface area contributed by atoms with Gasteiger partial charge in [0, 0.05) is 10.8 Å². The van der Waals surface area contributed by atoms with Gasteiger partial charge in [-0.25, -0.2) is 4.98 Å². The molecule has 0 N–H and O–H groups in total. The number of rotatable bonds is 7. The molecule has 0 aliphatic rings. The number of para-hydroxylation sites is 2. The molecule has 0 fully saturated rings. The van der Waals surface area contributed by atoms with Crippen LogP contribution in [-0.4, -0.2) is 9.38 Å². The van der Waals surface area contributed by atoms with Crippen LogP contribution < -0.4 is 0 Å². The first-order valence-electron chi connectivity index (χ1n) is 16.3. The van der Waals surface area contributed by atoms with Gasteiger partial charge in [-0.05, 0) is 98.9 Å². The highest BCUT2D eigenvalue weighted by Crippen LogP contribution is 2.37. The van der Waals surface area contributed by atoms with Crippen molar-refractivity contribution in [2.24, 2.45) is 0 Å². The number of pyridine rings is 1. The molecule has 2 aromatic heterocycles. The minimum atomic E-state index is 0.980. The zero-order valence-electron chi connectivity index (χ0n) is 26.9. The van der Waals surface area contributed by atoms with Gasteiger partial charge in [-0.1, -0.05) is 140 Å². The number of benzene rings is 6. The monoisotopic (exact) mass is 614 g/mol. The zero-order valence-corrected chi connectivity index (χ0v) is 26.9. The molecule has 0 spiro atoms. The molecule has 0 aliphatic carbocycles. The fraction of sp³-hybridized carbons (Fsp3) is 0.0217. The number of hydrogen-bond donors (Lipinski definition) is 0. The van der Waals surface area contributed by atoms with Crippen LogP contribution in [0, 0.1) is 0 Å². The van der Waals surface area contributed by atoms with E-state index in [1.807, 2.05) is 18.2 Å². The molecule has 48 heavy (non-hydrogen) atoms. The Kier molecular flexibility index (Phi) is 7.39. The van der Waals surface area contributed by atoms with E-state index in [1.165, 1.54) is 43.8 Å². The van der Waals surface area contributed by atoms with Gasteiger partial charge in [0.25, 0.3) is 0 Å². The number of nitrogens with zero attached hydrogens (tertiary/aromatic N) is 2. The van der Waals surface area contributed by atoms with Crippen molar-refractivity contribution >= 4 is 54.7 Å². The highest BCUT2D eigenvalue weighted by atomic mass is 15.0. The summed E-state index contributed by atoms with van der Waals surface area (Å²) >= 11 is 0. The molecule has 0 atom stereocenters. The Morgan fingerprint density at radius 3 is 2.12 bits per heavy atom. The number of allylic oxidation sites excluding steroid dienone is 8. The molecule has 228 valence electrons. The Morgan fingerprint density at radius 2 is 1.29 bits per heavy atom. The van der Waals surface area contributed by atoms with Gasteiger partial charge in [0.05, 0.1) is 16.6 Å². The summed E-state index contributed by atoms with van der Waals surface area (Å²) in [5.74, 6) is 0.